The second-order valence-corrected chi connectivity index (χ2v) is 10.0. The van der Waals surface area contributed by atoms with Gasteiger partial charge < -0.3 is 28.8 Å². The molecule has 170 valence electrons. The molecule has 2 heterocycles. The van der Waals surface area contributed by atoms with Gasteiger partial charge in [-0.15, -0.1) is 0 Å². The first kappa shape index (κ1) is 20.6. The van der Waals surface area contributed by atoms with Crippen LogP contribution in [-0.2, 0) is 30.3 Å². The van der Waals surface area contributed by atoms with Crippen LogP contribution >= 0.6 is 0 Å². The molecule has 5 fully saturated rings. The molecule has 31 heavy (non-hydrogen) atoms. The van der Waals surface area contributed by atoms with Gasteiger partial charge in [-0.1, -0.05) is 43.2 Å². The molecule has 0 radical (unpaired) electrons. The topological polar surface area (TPSA) is 66.4 Å². The summed E-state index contributed by atoms with van der Waals surface area (Å²) in [6, 6.07) is 10.1. The van der Waals surface area contributed by atoms with Crippen molar-refractivity contribution in [3.05, 3.63) is 35.9 Å². The zero-order valence-corrected chi connectivity index (χ0v) is 18.1. The summed E-state index contributed by atoms with van der Waals surface area (Å²) >= 11 is 0. The van der Waals surface area contributed by atoms with Crippen molar-refractivity contribution >= 4 is 0 Å². The molecule has 2 spiro atoms. The predicted molar refractivity (Wildman–Crippen MR) is 112 cm³/mol. The van der Waals surface area contributed by atoms with E-state index in [9.17, 15) is 5.11 Å². The van der Waals surface area contributed by atoms with Crippen molar-refractivity contribution in [1.29, 1.82) is 0 Å². The van der Waals surface area contributed by atoms with Crippen molar-refractivity contribution in [2.45, 2.75) is 119 Å². The summed E-state index contributed by atoms with van der Waals surface area (Å²) in [5, 5.41) is 11.4. The molecule has 2 saturated heterocycles. The molecule has 3 aliphatic carbocycles. The Hall–Kier alpha value is -1.02. The minimum atomic E-state index is -0.807. The first-order valence-electron chi connectivity index (χ1n) is 12.2. The molecule has 6 atom stereocenters. The zero-order chi connectivity index (χ0) is 20.9. The van der Waals surface area contributed by atoms with Crippen LogP contribution in [0.3, 0.4) is 0 Å². The van der Waals surface area contributed by atoms with Gasteiger partial charge >= 0.3 is 0 Å². The standard InChI is InChI=1S/C25H34O6/c26-18-19(27-16-17-10-4-1-5-11-17)21-23(31-25(29-21)14-8-3-9-15-25)22-20(18)28-24(30-22)12-6-2-7-13-24/h1,4-5,10-11,18-23,26H,2-3,6-9,12-16H2/t18-,19-,20+,21-,22-,23-/m1/s1. The lowest BCUT2D eigenvalue weighted by Crippen LogP contribution is -2.62. The lowest BCUT2D eigenvalue weighted by Gasteiger charge is -2.40. The van der Waals surface area contributed by atoms with E-state index in [1.165, 1.54) is 12.8 Å². The molecule has 3 saturated carbocycles. The predicted octanol–water partition coefficient (Wildman–Crippen LogP) is 3.84. The number of hydrogen-bond donors (Lipinski definition) is 1. The molecule has 0 amide bonds. The van der Waals surface area contributed by atoms with Crippen molar-refractivity contribution in [3.8, 4) is 0 Å². The van der Waals surface area contributed by atoms with E-state index in [-0.39, 0.29) is 18.3 Å². The van der Waals surface area contributed by atoms with Crippen molar-refractivity contribution in [2.75, 3.05) is 0 Å². The number of aliphatic hydroxyl groups excluding tert-OH is 1. The van der Waals surface area contributed by atoms with Gasteiger partial charge in [0.1, 0.15) is 36.6 Å². The smallest absolute Gasteiger partial charge is 0.169 e. The van der Waals surface area contributed by atoms with E-state index in [0.29, 0.717) is 6.61 Å². The maximum atomic E-state index is 11.4. The van der Waals surface area contributed by atoms with E-state index in [1.807, 2.05) is 30.3 Å². The van der Waals surface area contributed by atoms with Crippen LogP contribution in [0.25, 0.3) is 0 Å². The molecule has 0 unspecified atom stereocenters. The van der Waals surface area contributed by atoms with E-state index in [2.05, 4.69) is 0 Å². The summed E-state index contributed by atoms with van der Waals surface area (Å²) in [5.74, 6) is -1.15. The van der Waals surface area contributed by atoms with Gasteiger partial charge in [0.25, 0.3) is 0 Å². The second-order valence-electron chi connectivity index (χ2n) is 10.0. The van der Waals surface area contributed by atoms with Gasteiger partial charge in [-0.25, -0.2) is 0 Å². The Morgan fingerprint density at radius 2 is 1.23 bits per heavy atom. The van der Waals surface area contributed by atoms with Crippen LogP contribution in [0.4, 0.5) is 0 Å². The van der Waals surface area contributed by atoms with E-state index in [0.717, 1.165) is 56.9 Å². The van der Waals surface area contributed by atoms with Gasteiger partial charge in [-0.2, -0.15) is 0 Å². The van der Waals surface area contributed by atoms with Crippen molar-refractivity contribution in [3.63, 3.8) is 0 Å². The van der Waals surface area contributed by atoms with Crippen LogP contribution in [0, 0.1) is 0 Å². The number of hydrogen-bond acceptors (Lipinski definition) is 6. The van der Waals surface area contributed by atoms with Gasteiger partial charge in [-0.3, -0.25) is 0 Å². The number of ether oxygens (including phenoxy) is 5. The van der Waals surface area contributed by atoms with Crippen LogP contribution in [0.5, 0.6) is 0 Å². The summed E-state index contributed by atoms with van der Waals surface area (Å²) in [6.07, 6.45) is 7.70. The average Bonchev–Trinajstić information content (AvgIpc) is 3.34. The first-order valence-corrected chi connectivity index (χ1v) is 12.2. The quantitative estimate of drug-likeness (QED) is 0.786. The molecular weight excluding hydrogens is 396 g/mol. The average molecular weight is 431 g/mol. The molecule has 0 bridgehead atoms. The highest BCUT2D eigenvalue weighted by atomic mass is 16.8. The lowest BCUT2D eigenvalue weighted by atomic mass is 9.85. The molecule has 5 aliphatic rings. The zero-order valence-electron chi connectivity index (χ0n) is 18.1. The van der Waals surface area contributed by atoms with Gasteiger partial charge in [0.2, 0.25) is 0 Å². The Bertz CT molecular complexity index is 757. The molecule has 6 heteroatoms. The van der Waals surface area contributed by atoms with E-state index >= 15 is 0 Å². The maximum absolute atomic E-state index is 11.4. The highest BCUT2D eigenvalue weighted by molar-refractivity contribution is 5.14. The summed E-state index contributed by atoms with van der Waals surface area (Å²) in [7, 11) is 0. The Labute approximate surface area is 184 Å². The van der Waals surface area contributed by atoms with E-state index in [1.54, 1.807) is 0 Å². The molecular formula is C25H34O6. The molecule has 6 rings (SSSR count). The van der Waals surface area contributed by atoms with Gasteiger partial charge in [0, 0.05) is 25.7 Å². The fourth-order valence-corrected chi connectivity index (χ4v) is 6.34. The highest BCUT2D eigenvalue weighted by Crippen LogP contribution is 2.51. The van der Waals surface area contributed by atoms with Crippen molar-refractivity contribution < 1.29 is 28.8 Å². The second kappa shape index (κ2) is 8.08. The van der Waals surface area contributed by atoms with E-state index < -0.39 is 29.9 Å². The third-order valence-electron chi connectivity index (χ3n) is 7.89. The Morgan fingerprint density at radius 1 is 0.710 bits per heavy atom. The van der Waals surface area contributed by atoms with Crippen LogP contribution < -0.4 is 0 Å². The third kappa shape index (κ3) is 3.65. The summed E-state index contributed by atoms with van der Waals surface area (Å²) in [5.41, 5.74) is 1.08. The molecule has 2 aliphatic heterocycles. The fraction of sp³-hybridized carbons (Fsp3) is 0.760. The number of fused-ring (bicyclic) bond motifs is 3. The number of benzene rings is 1. The minimum Gasteiger partial charge on any atom is -0.387 e. The largest absolute Gasteiger partial charge is 0.387 e. The normalized spacial score (nSPS) is 40.7. The van der Waals surface area contributed by atoms with Gasteiger partial charge in [0.05, 0.1) is 6.61 Å². The Morgan fingerprint density at radius 3 is 1.84 bits per heavy atom. The monoisotopic (exact) mass is 430 g/mol. The fourth-order valence-electron chi connectivity index (χ4n) is 6.34. The van der Waals surface area contributed by atoms with Crippen molar-refractivity contribution in [2.24, 2.45) is 0 Å². The maximum Gasteiger partial charge on any atom is 0.169 e. The van der Waals surface area contributed by atoms with Crippen molar-refractivity contribution in [1.82, 2.24) is 0 Å². The Balaban J connectivity index is 1.28. The summed E-state index contributed by atoms with van der Waals surface area (Å²) in [6.45, 7) is 0.422. The molecule has 1 N–H and O–H groups in total. The molecule has 1 aromatic rings. The molecule has 0 aromatic heterocycles. The van der Waals surface area contributed by atoms with Crippen LogP contribution in [-0.4, -0.2) is 53.3 Å². The van der Waals surface area contributed by atoms with E-state index in [4.69, 9.17) is 23.7 Å². The molecule has 1 aromatic carbocycles. The van der Waals surface area contributed by atoms with Crippen LogP contribution in [0.15, 0.2) is 30.3 Å². The lowest BCUT2D eigenvalue weighted by molar-refractivity contribution is -0.227. The highest BCUT2D eigenvalue weighted by Gasteiger charge is 2.66. The molecule has 6 nitrogen and oxygen atoms in total. The van der Waals surface area contributed by atoms with Gasteiger partial charge in [-0.05, 0) is 31.2 Å². The first-order chi connectivity index (χ1) is 15.2. The van der Waals surface area contributed by atoms with Gasteiger partial charge in [0.15, 0.2) is 11.6 Å². The minimum absolute atomic E-state index is 0.270. The summed E-state index contributed by atoms with van der Waals surface area (Å²) in [4.78, 5) is 0. The summed E-state index contributed by atoms with van der Waals surface area (Å²) < 4.78 is 32.6. The third-order valence-corrected chi connectivity index (χ3v) is 7.89. The number of aliphatic hydroxyl groups is 1. The van der Waals surface area contributed by atoms with Crippen LogP contribution in [0.1, 0.15) is 69.8 Å². The Kier molecular flexibility index (Phi) is 5.37. The number of rotatable bonds is 3. The SMILES string of the molecule is O[C@@H]1[C@@H](OCc2ccccc2)[C@H]2OC3(CCCCC3)O[C@H]2[C@@H]2OC3(CCCCC3)O[C@@H]12. The van der Waals surface area contributed by atoms with Crippen LogP contribution in [0.2, 0.25) is 0 Å².